The summed E-state index contributed by atoms with van der Waals surface area (Å²) in [7, 11) is 0. The number of carboxylic acid groups (broad SMARTS) is 1. The van der Waals surface area contributed by atoms with Crippen molar-refractivity contribution in [3.05, 3.63) is 0 Å². The second kappa shape index (κ2) is 5.49. The number of carbonyl (C=O) groups excluding carboxylic acids is 1. The maximum atomic E-state index is 12.4. The SMILES string of the molecule is CC(C)C(N)C(=O)N1C2CCC1CC(CC(=O)O)C2. The van der Waals surface area contributed by atoms with Crippen molar-refractivity contribution in [3.8, 4) is 0 Å². The van der Waals surface area contributed by atoms with Crippen LogP contribution in [0.3, 0.4) is 0 Å². The van der Waals surface area contributed by atoms with Crippen LogP contribution in [0.2, 0.25) is 0 Å². The van der Waals surface area contributed by atoms with E-state index in [1.54, 1.807) is 0 Å². The summed E-state index contributed by atoms with van der Waals surface area (Å²) in [6, 6.07) is -0.0140. The smallest absolute Gasteiger partial charge is 0.303 e. The largest absolute Gasteiger partial charge is 0.481 e. The van der Waals surface area contributed by atoms with Gasteiger partial charge in [-0.3, -0.25) is 9.59 Å². The average molecular weight is 268 g/mol. The van der Waals surface area contributed by atoms with Crippen molar-refractivity contribution in [2.45, 2.75) is 64.1 Å². The number of piperidine rings is 1. The highest BCUT2D eigenvalue weighted by Gasteiger charge is 2.44. The van der Waals surface area contributed by atoms with Crippen LogP contribution in [0.1, 0.15) is 46.0 Å². The zero-order chi connectivity index (χ0) is 14.2. The summed E-state index contributed by atoms with van der Waals surface area (Å²) < 4.78 is 0. The van der Waals surface area contributed by atoms with Crippen molar-refractivity contribution in [2.75, 3.05) is 0 Å². The van der Waals surface area contributed by atoms with Crippen LogP contribution in [0.5, 0.6) is 0 Å². The minimum absolute atomic E-state index is 0.0521. The minimum Gasteiger partial charge on any atom is -0.481 e. The molecule has 3 N–H and O–H groups in total. The van der Waals surface area contributed by atoms with Gasteiger partial charge in [0.05, 0.1) is 6.04 Å². The molecule has 5 nitrogen and oxygen atoms in total. The summed E-state index contributed by atoms with van der Waals surface area (Å²) in [6.07, 6.45) is 3.86. The molecule has 0 radical (unpaired) electrons. The minimum atomic E-state index is -0.733. The van der Waals surface area contributed by atoms with Crippen LogP contribution >= 0.6 is 0 Å². The number of carbonyl (C=O) groups is 2. The van der Waals surface area contributed by atoms with Crippen molar-refractivity contribution in [1.82, 2.24) is 4.90 Å². The number of amides is 1. The van der Waals surface area contributed by atoms with Gasteiger partial charge in [-0.15, -0.1) is 0 Å². The van der Waals surface area contributed by atoms with Crippen molar-refractivity contribution < 1.29 is 14.7 Å². The van der Waals surface area contributed by atoms with E-state index >= 15 is 0 Å². The van der Waals surface area contributed by atoms with Crippen LogP contribution in [0.25, 0.3) is 0 Å². The zero-order valence-electron chi connectivity index (χ0n) is 11.7. The van der Waals surface area contributed by atoms with E-state index in [0.717, 1.165) is 25.7 Å². The van der Waals surface area contributed by atoms with Gasteiger partial charge in [0.1, 0.15) is 0 Å². The Morgan fingerprint density at radius 3 is 2.21 bits per heavy atom. The first-order valence-electron chi connectivity index (χ1n) is 7.19. The Bertz CT molecular complexity index is 356. The molecule has 2 aliphatic rings. The molecule has 19 heavy (non-hydrogen) atoms. The summed E-state index contributed by atoms with van der Waals surface area (Å²) in [4.78, 5) is 25.2. The number of nitrogens with two attached hydrogens (primary N) is 1. The van der Waals surface area contributed by atoms with Gasteiger partial charge in [0.2, 0.25) is 5.91 Å². The fraction of sp³-hybridized carbons (Fsp3) is 0.857. The highest BCUT2D eigenvalue weighted by atomic mass is 16.4. The molecular weight excluding hydrogens is 244 g/mol. The van der Waals surface area contributed by atoms with E-state index < -0.39 is 12.0 Å². The first-order chi connectivity index (χ1) is 8.90. The van der Waals surface area contributed by atoms with Gasteiger partial charge in [0.15, 0.2) is 0 Å². The molecule has 108 valence electrons. The number of fused-ring (bicyclic) bond motifs is 2. The first-order valence-corrected chi connectivity index (χ1v) is 7.19. The molecular formula is C14H24N2O3. The van der Waals surface area contributed by atoms with Crippen molar-refractivity contribution in [1.29, 1.82) is 0 Å². The molecule has 3 atom stereocenters. The molecule has 0 spiro atoms. The molecule has 0 saturated carbocycles. The van der Waals surface area contributed by atoms with Gasteiger partial charge in [-0.2, -0.15) is 0 Å². The molecule has 0 aromatic carbocycles. The maximum absolute atomic E-state index is 12.4. The molecule has 2 fully saturated rings. The summed E-state index contributed by atoms with van der Waals surface area (Å²) in [5, 5.41) is 8.89. The van der Waals surface area contributed by atoms with Crippen LogP contribution in [0.15, 0.2) is 0 Å². The third-order valence-electron chi connectivity index (χ3n) is 4.55. The van der Waals surface area contributed by atoms with Gasteiger partial charge >= 0.3 is 5.97 Å². The van der Waals surface area contributed by atoms with Crippen LogP contribution < -0.4 is 5.73 Å². The summed E-state index contributed by atoms with van der Waals surface area (Å²) in [5.74, 6) is -0.322. The molecule has 2 aliphatic heterocycles. The van der Waals surface area contributed by atoms with Crippen LogP contribution in [0.4, 0.5) is 0 Å². The monoisotopic (exact) mass is 268 g/mol. The summed E-state index contributed by atoms with van der Waals surface area (Å²) >= 11 is 0. The molecule has 2 saturated heterocycles. The lowest BCUT2D eigenvalue weighted by Gasteiger charge is -2.40. The third-order valence-corrected chi connectivity index (χ3v) is 4.55. The van der Waals surface area contributed by atoms with E-state index in [2.05, 4.69) is 0 Å². The van der Waals surface area contributed by atoms with E-state index in [9.17, 15) is 9.59 Å². The number of rotatable bonds is 4. The Hall–Kier alpha value is -1.10. The normalized spacial score (nSPS) is 31.6. The number of hydrogen-bond acceptors (Lipinski definition) is 3. The highest BCUT2D eigenvalue weighted by molar-refractivity contribution is 5.83. The summed E-state index contributed by atoms with van der Waals surface area (Å²) in [6.45, 7) is 3.92. The second-order valence-electron chi connectivity index (χ2n) is 6.34. The predicted molar refractivity (Wildman–Crippen MR) is 71.4 cm³/mol. The van der Waals surface area contributed by atoms with Crippen LogP contribution in [-0.2, 0) is 9.59 Å². The van der Waals surface area contributed by atoms with E-state index in [-0.39, 0.29) is 36.2 Å². The van der Waals surface area contributed by atoms with E-state index in [1.807, 2.05) is 18.7 Å². The fourth-order valence-corrected chi connectivity index (χ4v) is 3.52. The first kappa shape index (κ1) is 14.3. The Morgan fingerprint density at radius 1 is 1.26 bits per heavy atom. The number of nitrogens with zero attached hydrogens (tertiary/aromatic N) is 1. The number of aliphatic carboxylic acids is 1. The Labute approximate surface area is 114 Å². The van der Waals surface area contributed by atoms with Gasteiger partial charge in [-0.05, 0) is 37.5 Å². The fourth-order valence-electron chi connectivity index (χ4n) is 3.52. The van der Waals surface area contributed by atoms with Crippen molar-refractivity contribution in [3.63, 3.8) is 0 Å². The predicted octanol–water partition coefficient (Wildman–Crippen LogP) is 1.21. The lowest BCUT2D eigenvalue weighted by molar-refractivity contribution is -0.141. The lowest BCUT2D eigenvalue weighted by atomic mass is 9.87. The summed E-state index contributed by atoms with van der Waals surface area (Å²) in [5.41, 5.74) is 5.97. The lowest BCUT2D eigenvalue weighted by Crippen LogP contribution is -2.54. The third kappa shape index (κ3) is 2.91. The molecule has 0 aliphatic carbocycles. The van der Waals surface area contributed by atoms with Crippen LogP contribution in [-0.4, -0.2) is 40.0 Å². The molecule has 0 aromatic heterocycles. The van der Waals surface area contributed by atoms with E-state index in [4.69, 9.17) is 10.8 Å². The molecule has 5 heteroatoms. The molecule has 3 unspecified atom stereocenters. The van der Waals surface area contributed by atoms with Crippen molar-refractivity contribution in [2.24, 2.45) is 17.6 Å². The van der Waals surface area contributed by atoms with Gasteiger partial charge in [-0.25, -0.2) is 0 Å². The molecule has 2 heterocycles. The topological polar surface area (TPSA) is 83.6 Å². The number of carboxylic acids is 1. The second-order valence-corrected chi connectivity index (χ2v) is 6.34. The van der Waals surface area contributed by atoms with Crippen molar-refractivity contribution >= 4 is 11.9 Å². The zero-order valence-corrected chi connectivity index (χ0v) is 11.7. The molecule has 0 aromatic rings. The van der Waals surface area contributed by atoms with Gasteiger partial charge in [0, 0.05) is 18.5 Å². The van der Waals surface area contributed by atoms with Crippen LogP contribution in [0, 0.1) is 11.8 Å². The van der Waals surface area contributed by atoms with Gasteiger partial charge in [-0.1, -0.05) is 13.8 Å². The Balaban J connectivity index is 2.03. The molecule has 1 amide bonds. The highest BCUT2D eigenvalue weighted by Crippen LogP contribution is 2.40. The maximum Gasteiger partial charge on any atom is 0.303 e. The van der Waals surface area contributed by atoms with Gasteiger partial charge < -0.3 is 15.7 Å². The average Bonchev–Trinajstić information content (AvgIpc) is 2.58. The molecule has 2 rings (SSSR count). The van der Waals surface area contributed by atoms with E-state index in [1.165, 1.54) is 0 Å². The standard InChI is InChI=1S/C14H24N2O3/c1-8(2)13(15)14(19)16-10-3-4-11(16)6-9(5-10)7-12(17)18/h8-11,13H,3-7,15H2,1-2H3,(H,17,18). The quantitative estimate of drug-likeness (QED) is 0.803. The van der Waals surface area contributed by atoms with Gasteiger partial charge in [0.25, 0.3) is 0 Å². The molecule has 2 bridgehead atoms. The van der Waals surface area contributed by atoms with E-state index in [0.29, 0.717) is 0 Å². The number of hydrogen-bond donors (Lipinski definition) is 2. The Kier molecular flexibility index (Phi) is 4.13. The Morgan fingerprint density at radius 2 is 1.79 bits per heavy atom.